The molecule has 1 atom stereocenters. The van der Waals surface area contributed by atoms with Crippen LogP contribution in [0.15, 0.2) is 109 Å². The van der Waals surface area contributed by atoms with Crippen molar-refractivity contribution in [2.75, 3.05) is 39.6 Å². The molecule has 1 aliphatic heterocycles. The van der Waals surface area contributed by atoms with Crippen LogP contribution in [0.5, 0.6) is 23.0 Å². The molecule has 4 aromatic carbocycles. The lowest BCUT2D eigenvalue weighted by molar-refractivity contribution is -0.178. The fraction of sp³-hybridized carbons (Fsp3) is 0.242. The molecule has 0 saturated carbocycles. The summed E-state index contributed by atoms with van der Waals surface area (Å²) in [4.78, 5) is 12.6. The van der Waals surface area contributed by atoms with Crippen LogP contribution >= 0.6 is 0 Å². The lowest BCUT2D eigenvalue weighted by Gasteiger charge is -2.36. The van der Waals surface area contributed by atoms with Crippen LogP contribution in [0.25, 0.3) is 0 Å². The van der Waals surface area contributed by atoms with Gasteiger partial charge in [-0.05, 0) is 35.4 Å². The van der Waals surface area contributed by atoms with E-state index in [1.807, 2.05) is 72.8 Å². The molecule has 0 aromatic heterocycles. The zero-order valence-electron chi connectivity index (χ0n) is 22.5. The van der Waals surface area contributed by atoms with Gasteiger partial charge >= 0.3 is 5.97 Å². The van der Waals surface area contributed by atoms with Crippen LogP contribution < -0.4 is 18.9 Å². The zero-order chi connectivity index (χ0) is 28.3. The number of hydrogen-bond donors (Lipinski definition) is 1. The minimum Gasteiger partial charge on any atom is -0.487 e. The Balaban J connectivity index is 1.59. The molecular weight excluding hydrogens is 524 g/mol. The Morgan fingerprint density at radius 3 is 1.54 bits per heavy atom. The van der Waals surface area contributed by atoms with E-state index in [1.165, 1.54) is 0 Å². The molecule has 41 heavy (non-hydrogen) atoms. The molecule has 1 unspecified atom stereocenters. The van der Waals surface area contributed by atoms with Gasteiger partial charge in [-0.2, -0.15) is 0 Å². The summed E-state index contributed by atoms with van der Waals surface area (Å²) in [6.07, 6.45) is -1.30. The first-order valence-corrected chi connectivity index (χ1v) is 13.4. The quantitative estimate of drug-likeness (QED) is 0.336. The lowest BCUT2D eigenvalue weighted by Crippen LogP contribution is -2.44. The summed E-state index contributed by atoms with van der Waals surface area (Å²) in [7, 11) is 0. The number of benzene rings is 4. The number of para-hydroxylation sites is 4. The van der Waals surface area contributed by atoms with E-state index in [9.17, 15) is 9.90 Å². The fourth-order valence-corrected chi connectivity index (χ4v) is 4.49. The van der Waals surface area contributed by atoms with Crippen molar-refractivity contribution >= 4 is 5.97 Å². The molecule has 0 aliphatic carbocycles. The third-order valence-electron chi connectivity index (χ3n) is 6.56. The Hall–Kier alpha value is -4.53. The molecule has 0 bridgehead atoms. The Bertz CT molecular complexity index is 1340. The first-order valence-electron chi connectivity index (χ1n) is 13.4. The van der Waals surface area contributed by atoms with E-state index in [-0.39, 0.29) is 13.2 Å². The Kier molecular flexibility index (Phi) is 9.36. The van der Waals surface area contributed by atoms with Gasteiger partial charge in [0.25, 0.3) is 0 Å². The van der Waals surface area contributed by atoms with Crippen LogP contribution in [0.2, 0.25) is 0 Å². The zero-order valence-corrected chi connectivity index (χ0v) is 22.5. The summed E-state index contributed by atoms with van der Waals surface area (Å²) in [6, 6.07) is 32.8. The van der Waals surface area contributed by atoms with Crippen molar-refractivity contribution in [3.05, 3.63) is 120 Å². The minimum atomic E-state index is -1.36. The molecule has 1 heterocycles. The number of carboxylic acid groups (broad SMARTS) is 1. The third kappa shape index (κ3) is 7.16. The molecule has 0 amide bonds. The van der Waals surface area contributed by atoms with Crippen molar-refractivity contribution in [1.29, 1.82) is 0 Å². The molecule has 0 fully saturated rings. The molecule has 0 radical (unpaired) electrons. The normalized spacial score (nSPS) is 16.3. The van der Waals surface area contributed by atoms with Crippen molar-refractivity contribution in [3.63, 3.8) is 0 Å². The van der Waals surface area contributed by atoms with E-state index in [2.05, 4.69) is 0 Å². The second kappa shape index (κ2) is 13.7. The predicted octanol–water partition coefficient (Wildman–Crippen LogP) is 5.67. The minimum absolute atomic E-state index is 0.0759. The smallest absolute Gasteiger partial charge is 0.337 e. The van der Waals surface area contributed by atoms with Gasteiger partial charge in [-0.1, -0.05) is 84.9 Å². The van der Waals surface area contributed by atoms with Gasteiger partial charge in [0, 0.05) is 0 Å². The van der Waals surface area contributed by atoms with E-state index in [0.29, 0.717) is 60.6 Å². The summed E-state index contributed by atoms with van der Waals surface area (Å²) < 4.78 is 36.9. The van der Waals surface area contributed by atoms with E-state index in [4.69, 9.17) is 28.4 Å². The summed E-state index contributed by atoms with van der Waals surface area (Å²) >= 11 is 0. The van der Waals surface area contributed by atoms with Crippen LogP contribution in [-0.2, 0) is 19.9 Å². The number of fused-ring (bicyclic) bond motifs is 2. The van der Waals surface area contributed by atoms with Gasteiger partial charge in [0.1, 0.15) is 26.4 Å². The molecule has 8 nitrogen and oxygen atoms in total. The summed E-state index contributed by atoms with van der Waals surface area (Å²) in [6.45, 7) is 1.21. The van der Waals surface area contributed by atoms with Crippen molar-refractivity contribution in [2.45, 2.75) is 11.7 Å². The SMILES string of the molecule is O=C(O)C(OC1(c2ccccc2)COc2ccccc2OCCOCCOc2ccccc2OC1)c1ccccc1. The van der Waals surface area contributed by atoms with Crippen molar-refractivity contribution < 1.29 is 38.3 Å². The molecule has 212 valence electrons. The summed E-state index contributed by atoms with van der Waals surface area (Å²) in [5.74, 6) is 0.903. The summed E-state index contributed by atoms with van der Waals surface area (Å²) in [5.41, 5.74) is -0.177. The van der Waals surface area contributed by atoms with Crippen LogP contribution in [-0.4, -0.2) is 50.7 Å². The van der Waals surface area contributed by atoms with Gasteiger partial charge in [-0.3, -0.25) is 0 Å². The summed E-state index contributed by atoms with van der Waals surface area (Å²) in [5, 5.41) is 10.3. The van der Waals surface area contributed by atoms with E-state index >= 15 is 0 Å². The maximum absolute atomic E-state index is 12.6. The maximum atomic E-state index is 12.6. The first-order chi connectivity index (χ1) is 20.1. The molecule has 1 aliphatic rings. The Morgan fingerprint density at radius 1 is 0.610 bits per heavy atom. The molecule has 1 N–H and O–H groups in total. The van der Waals surface area contributed by atoms with Gasteiger partial charge in [0.2, 0.25) is 0 Å². The van der Waals surface area contributed by atoms with Gasteiger partial charge in [-0.25, -0.2) is 4.79 Å². The molecule has 0 spiro atoms. The standard InChI is InChI=1S/C33H32O8/c34-32(35)31(25-11-3-1-4-12-25)41-33(26-13-5-2-6-14-26)23-39-29-17-9-7-15-27(29)37-21-19-36-20-22-38-28-16-8-10-18-30(28)40-24-33/h1-18,31H,19-24H2,(H,34,35). The third-order valence-corrected chi connectivity index (χ3v) is 6.56. The first kappa shape index (κ1) is 28.0. The second-order valence-electron chi connectivity index (χ2n) is 9.39. The highest BCUT2D eigenvalue weighted by Gasteiger charge is 2.41. The Morgan fingerprint density at radius 2 is 1.05 bits per heavy atom. The average Bonchev–Trinajstić information content (AvgIpc) is 3.01. The monoisotopic (exact) mass is 556 g/mol. The lowest BCUT2D eigenvalue weighted by atomic mass is 9.94. The average molecular weight is 557 g/mol. The van der Waals surface area contributed by atoms with Gasteiger partial charge in [0.05, 0.1) is 13.2 Å². The van der Waals surface area contributed by atoms with Crippen LogP contribution in [0.4, 0.5) is 0 Å². The van der Waals surface area contributed by atoms with Crippen molar-refractivity contribution in [1.82, 2.24) is 0 Å². The highest BCUT2D eigenvalue weighted by atomic mass is 16.6. The number of ether oxygens (including phenoxy) is 6. The largest absolute Gasteiger partial charge is 0.487 e. The van der Waals surface area contributed by atoms with Crippen molar-refractivity contribution in [2.24, 2.45) is 0 Å². The maximum Gasteiger partial charge on any atom is 0.337 e. The van der Waals surface area contributed by atoms with Gasteiger partial charge in [0.15, 0.2) is 34.7 Å². The highest BCUT2D eigenvalue weighted by Crippen LogP contribution is 2.37. The Labute approximate surface area is 239 Å². The molecule has 4 aromatic rings. The second-order valence-corrected chi connectivity index (χ2v) is 9.39. The number of hydrogen-bond acceptors (Lipinski definition) is 7. The van der Waals surface area contributed by atoms with Crippen LogP contribution in [0.3, 0.4) is 0 Å². The topological polar surface area (TPSA) is 92.7 Å². The van der Waals surface area contributed by atoms with Gasteiger partial charge < -0.3 is 33.5 Å². The molecule has 8 heteroatoms. The van der Waals surface area contributed by atoms with Crippen molar-refractivity contribution in [3.8, 4) is 23.0 Å². The van der Waals surface area contributed by atoms with Crippen LogP contribution in [0.1, 0.15) is 17.2 Å². The number of rotatable bonds is 5. The molecule has 0 saturated heterocycles. The fourth-order valence-electron chi connectivity index (χ4n) is 4.49. The predicted molar refractivity (Wildman–Crippen MR) is 152 cm³/mol. The molecule has 5 rings (SSSR count). The van der Waals surface area contributed by atoms with E-state index in [1.54, 1.807) is 36.4 Å². The van der Waals surface area contributed by atoms with Crippen LogP contribution in [0, 0.1) is 0 Å². The molecular formula is C33H32O8. The number of carboxylic acids is 1. The highest BCUT2D eigenvalue weighted by molar-refractivity contribution is 5.74. The number of carbonyl (C=O) groups is 1. The van der Waals surface area contributed by atoms with Gasteiger partial charge in [-0.15, -0.1) is 0 Å². The van der Waals surface area contributed by atoms with E-state index < -0.39 is 17.7 Å². The number of aliphatic carboxylic acids is 1. The van der Waals surface area contributed by atoms with E-state index in [0.717, 1.165) is 0 Å².